The molecule has 8 nitrogen and oxygen atoms in total. The Kier molecular flexibility index (Phi) is 3.37. The molecule has 2 atom stereocenters. The van der Waals surface area contributed by atoms with E-state index in [2.05, 4.69) is 19.5 Å². The van der Waals surface area contributed by atoms with Gasteiger partial charge in [-0.2, -0.15) is 0 Å². The van der Waals surface area contributed by atoms with Crippen LogP contribution in [0.15, 0.2) is 16.6 Å². The molecule has 0 saturated carbocycles. The number of methoxy groups -OCH3 is 1. The Labute approximate surface area is 84.3 Å². The zero-order valence-corrected chi connectivity index (χ0v) is 7.82. The maximum atomic E-state index is 11.0. The summed E-state index contributed by atoms with van der Waals surface area (Å²) in [5.74, 6) is -1.71. The first kappa shape index (κ1) is 11.2. The lowest BCUT2D eigenvalue weighted by Gasteiger charge is -2.14. The first-order valence-electron chi connectivity index (χ1n) is 3.98. The van der Waals surface area contributed by atoms with Crippen molar-refractivity contribution in [3.05, 3.63) is 22.0 Å². The molecule has 1 rings (SSSR count). The van der Waals surface area contributed by atoms with Gasteiger partial charge in [-0.1, -0.05) is 5.11 Å². The SMILES string of the molecule is COC1=C(O)[C@@H]([C@@H](O)CN=[N+]=[N-])OC1=O. The highest BCUT2D eigenvalue weighted by atomic mass is 16.6. The fourth-order valence-electron chi connectivity index (χ4n) is 1.12. The van der Waals surface area contributed by atoms with Gasteiger partial charge < -0.3 is 19.7 Å². The quantitative estimate of drug-likeness (QED) is 0.295. The van der Waals surface area contributed by atoms with Crippen LogP contribution in [0.4, 0.5) is 0 Å². The van der Waals surface area contributed by atoms with E-state index in [-0.39, 0.29) is 12.3 Å². The number of rotatable bonds is 4. The number of aliphatic hydroxyl groups is 2. The molecule has 0 unspecified atom stereocenters. The maximum Gasteiger partial charge on any atom is 0.378 e. The van der Waals surface area contributed by atoms with Crippen LogP contribution >= 0.6 is 0 Å². The Hall–Kier alpha value is -1.92. The first-order chi connectivity index (χ1) is 7.11. The predicted octanol–water partition coefficient (Wildman–Crippen LogP) is -0.00100. The molecule has 0 amide bonds. The van der Waals surface area contributed by atoms with E-state index < -0.39 is 23.9 Å². The summed E-state index contributed by atoms with van der Waals surface area (Å²) in [5.41, 5.74) is 8.01. The summed E-state index contributed by atoms with van der Waals surface area (Å²) >= 11 is 0. The number of esters is 1. The molecule has 1 aliphatic rings. The number of nitrogens with zero attached hydrogens (tertiary/aromatic N) is 3. The molecule has 0 aromatic heterocycles. The van der Waals surface area contributed by atoms with Gasteiger partial charge in [-0.15, -0.1) is 0 Å². The second-order valence-corrected chi connectivity index (χ2v) is 2.73. The Balaban J connectivity index is 2.78. The van der Waals surface area contributed by atoms with E-state index in [0.29, 0.717) is 0 Å². The Morgan fingerprint density at radius 1 is 1.80 bits per heavy atom. The Bertz CT molecular complexity index is 347. The Morgan fingerprint density at radius 3 is 2.93 bits per heavy atom. The van der Waals surface area contributed by atoms with E-state index in [1.807, 2.05) is 0 Å². The fraction of sp³-hybridized carbons (Fsp3) is 0.571. The van der Waals surface area contributed by atoms with Crippen LogP contribution in [0.5, 0.6) is 0 Å². The molecule has 1 aliphatic heterocycles. The van der Waals surface area contributed by atoms with Crippen molar-refractivity contribution >= 4 is 5.97 Å². The van der Waals surface area contributed by atoms with Crippen molar-refractivity contribution in [2.24, 2.45) is 5.11 Å². The summed E-state index contributed by atoms with van der Waals surface area (Å²) in [6.45, 7) is -0.310. The van der Waals surface area contributed by atoms with Crippen molar-refractivity contribution in [1.29, 1.82) is 0 Å². The third-order valence-corrected chi connectivity index (χ3v) is 1.81. The molecule has 0 aromatic carbocycles. The average molecular weight is 215 g/mol. The van der Waals surface area contributed by atoms with Crippen molar-refractivity contribution in [1.82, 2.24) is 0 Å². The molecule has 0 aliphatic carbocycles. The molecule has 15 heavy (non-hydrogen) atoms. The van der Waals surface area contributed by atoms with Crippen LogP contribution in [0.1, 0.15) is 0 Å². The van der Waals surface area contributed by atoms with Crippen molar-refractivity contribution in [3.8, 4) is 0 Å². The lowest BCUT2D eigenvalue weighted by atomic mass is 10.2. The Morgan fingerprint density at radius 2 is 2.47 bits per heavy atom. The zero-order valence-electron chi connectivity index (χ0n) is 7.82. The highest BCUT2D eigenvalue weighted by Gasteiger charge is 2.39. The van der Waals surface area contributed by atoms with Crippen LogP contribution in [-0.2, 0) is 14.3 Å². The van der Waals surface area contributed by atoms with Gasteiger partial charge in [-0.3, -0.25) is 0 Å². The van der Waals surface area contributed by atoms with Gasteiger partial charge in [0.25, 0.3) is 0 Å². The molecular formula is C7H9N3O5. The zero-order chi connectivity index (χ0) is 11.4. The van der Waals surface area contributed by atoms with Crippen LogP contribution in [0, 0.1) is 0 Å². The van der Waals surface area contributed by atoms with Crippen LogP contribution in [0.25, 0.3) is 10.4 Å². The molecule has 0 aromatic rings. The fourth-order valence-corrected chi connectivity index (χ4v) is 1.12. The number of hydrogen-bond donors (Lipinski definition) is 2. The van der Waals surface area contributed by atoms with Gasteiger partial charge >= 0.3 is 5.97 Å². The topological polar surface area (TPSA) is 125 Å². The lowest BCUT2D eigenvalue weighted by molar-refractivity contribution is -0.146. The van der Waals surface area contributed by atoms with Gasteiger partial charge in [-0.25, -0.2) is 4.79 Å². The smallest absolute Gasteiger partial charge is 0.378 e. The second kappa shape index (κ2) is 4.54. The third kappa shape index (κ3) is 2.12. The lowest BCUT2D eigenvalue weighted by Crippen LogP contribution is -2.30. The standard InChI is InChI=1S/C7H9N3O5/c1-14-6-4(12)5(15-7(6)13)3(11)2-9-10-8/h3,5,11-12H,2H2,1H3/t3-,5+/m0/s1. The summed E-state index contributed by atoms with van der Waals surface area (Å²) in [7, 11) is 1.19. The van der Waals surface area contributed by atoms with Gasteiger partial charge in [0.1, 0.15) is 6.10 Å². The molecule has 0 bridgehead atoms. The van der Waals surface area contributed by atoms with E-state index >= 15 is 0 Å². The van der Waals surface area contributed by atoms with Crippen molar-refractivity contribution in [2.45, 2.75) is 12.2 Å². The number of hydrogen-bond acceptors (Lipinski definition) is 6. The van der Waals surface area contributed by atoms with Gasteiger partial charge in [0.2, 0.25) is 5.76 Å². The summed E-state index contributed by atoms with van der Waals surface area (Å²) in [6, 6.07) is 0. The molecule has 0 radical (unpaired) electrons. The minimum atomic E-state index is -1.29. The average Bonchev–Trinajstić information content (AvgIpc) is 2.50. The summed E-state index contributed by atoms with van der Waals surface area (Å²) in [5, 5.41) is 21.9. The molecule has 1 heterocycles. The number of ether oxygens (including phenoxy) is 2. The summed E-state index contributed by atoms with van der Waals surface area (Å²) < 4.78 is 9.18. The second-order valence-electron chi connectivity index (χ2n) is 2.73. The van der Waals surface area contributed by atoms with E-state index in [9.17, 15) is 15.0 Å². The van der Waals surface area contributed by atoms with E-state index in [1.54, 1.807) is 0 Å². The molecular weight excluding hydrogens is 206 g/mol. The monoisotopic (exact) mass is 215 g/mol. The van der Waals surface area contributed by atoms with Gasteiger partial charge in [-0.05, 0) is 5.53 Å². The van der Waals surface area contributed by atoms with E-state index in [1.165, 1.54) is 7.11 Å². The van der Waals surface area contributed by atoms with Gasteiger partial charge in [0.05, 0.1) is 13.7 Å². The van der Waals surface area contributed by atoms with Crippen LogP contribution in [0.3, 0.4) is 0 Å². The summed E-state index contributed by atoms with van der Waals surface area (Å²) in [4.78, 5) is 13.5. The number of carbonyl (C=O) groups is 1. The van der Waals surface area contributed by atoms with Gasteiger partial charge in [0.15, 0.2) is 11.9 Å². The normalized spacial score (nSPS) is 22.0. The first-order valence-corrected chi connectivity index (χ1v) is 3.98. The highest BCUT2D eigenvalue weighted by molar-refractivity contribution is 5.89. The van der Waals surface area contributed by atoms with Crippen molar-refractivity contribution in [3.63, 3.8) is 0 Å². The van der Waals surface area contributed by atoms with Crippen LogP contribution in [-0.4, -0.2) is 42.0 Å². The number of azide groups is 1. The highest BCUT2D eigenvalue weighted by Crippen LogP contribution is 2.23. The molecule has 0 spiro atoms. The molecule has 8 heteroatoms. The number of carbonyl (C=O) groups excluding carboxylic acids is 1. The van der Waals surface area contributed by atoms with E-state index in [4.69, 9.17) is 5.53 Å². The number of cyclic esters (lactones) is 1. The van der Waals surface area contributed by atoms with Crippen molar-refractivity contribution < 1.29 is 24.5 Å². The molecule has 82 valence electrons. The number of aliphatic hydroxyl groups excluding tert-OH is 2. The molecule has 0 fully saturated rings. The largest absolute Gasteiger partial charge is 0.505 e. The van der Waals surface area contributed by atoms with E-state index in [0.717, 1.165) is 0 Å². The maximum absolute atomic E-state index is 11.0. The van der Waals surface area contributed by atoms with Crippen molar-refractivity contribution in [2.75, 3.05) is 13.7 Å². The predicted molar refractivity (Wildman–Crippen MR) is 46.6 cm³/mol. The minimum Gasteiger partial charge on any atom is -0.505 e. The van der Waals surface area contributed by atoms with Gasteiger partial charge in [0, 0.05) is 4.91 Å². The van der Waals surface area contributed by atoms with Crippen LogP contribution in [0.2, 0.25) is 0 Å². The third-order valence-electron chi connectivity index (χ3n) is 1.81. The molecule has 2 N–H and O–H groups in total. The van der Waals surface area contributed by atoms with Crippen LogP contribution < -0.4 is 0 Å². The molecule has 0 saturated heterocycles. The minimum absolute atomic E-state index is 0.310. The summed E-state index contributed by atoms with van der Waals surface area (Å²) in [6.07, 6.45) is -2.53.